The molecule has 4 rings (SSSR count). The fourth-order valence-electron chi connectivity index (χ4n) is 3.65. The van der Waals surface area contributed by atoms with Crippen LogP contribution in [0.4, 0.5) is 0 Å². The van der Waals surface area contributed by atoms with Gasteiger partial charge in [0.25, 0.3) is 5.91 Å². The van der Waals surface area contributed by atoms with Gasteiger partial charge in [0, 0.05) is 19.0 Å². The van der Waals surface area contributed by atoms with E-state index < -0.39 is 5.54 Å². The van der Waals surface area contributed by atoms with Gasteiger partial charge in [-0.1, -0.05) is 30.3 Å². The Morgan fingerprint density at radius 1 is 0.857 bits per heavy atom. The Balaban J connectivity index is 1.73. The van der Waals surface area contributed by atoms with Crippen molar-refractivity contribution in [1.29, 1.82) is 10.5 Å². The predicted molar refractivity (Wildman–Crippen MR) is 105 cm³/mol. The van der Waals surface area contributed by atoms with Gasteiger partial charge >= 0.3 is 0 Å². The van der Waals surface area contributed by atoms with E-state index in [4.69, 9.17) is 10.5 Å². The maximum atomic E-state index is 13.1. The lowest BCUT2D eigenvalue weighted by molar-refractivity contribution is -0.124. The summed E-state index contributed by atoms with van der Waals surface area (Å²) >= 11 is 0. The highest BCUT2D eigenvalue weighted by Crippen LogP contribution is 2.34. The molecule has 0 unspecified atom stereocenters. The van der Waals surface area contributed by atoms with E-state index in [0.29, 0.717) is 29.8 Å². The summed E-state index contributed by atoms with van der Waals surface area (Å²) in [4.78, 5) is 19.3. The number of fused-ring (bicyclic) bond motifs is 1. The fourth-order valence-corrected chi connectivity index (χ4v) is 3.65. The minimum atomic E-state index is -0.876. The number of allylic oxidation sites excluding steroid dienone is 2. The number of hydrogen-bond donors (Lipinski definition) is 0. The lowest BCUT2D eigenvalue weighted by atomic mass is 9.82. The van der Waals surface area contributed by atoms with Crippen LogP contribution >= 0.6 is 0 Å². The van der Waals surface area contributed by atoms with E-state index >= 15 is 0 Å². The van der Waals surface area contributed by atoms with Crippen LogP contribution in [0.25, 0.3) is 0 Å². The van der Waals surface area contributed by atoms with Crippen molar-refractivity contribution in [2.45, 2.75) is 18.4 Å². The highest BCUT2D eigenvalue weighted by Gasteiger charge is 2.49. The summed E-state index contributed by atoms with van der Waals surface area (Å²) < 4.78 is 0. The molecule has 0 spiro atoms. The third-order valence-corrected chi connectivity index (χ3v) is 5.07. The molecular formula is C23H16N4O. The quantitative estimate of drug-likeness (QED) is 0.834. The number of benzene rings is 2. The lowest BCUT2D eigenvalue weighted by Crippen LogP contribution is -2.52. The average Bonchev–Trinajstić information content (AvgIpc) is 3.00. The summed E-state index contributed by atoms with van der Waals surface area (Å²) in [6.07, 6.45) is 8.39. The molecule has 28 heavy (non-hydrogen) atoms. The molecule has 5 heteroatoms. The van der Waals surface area contributed by atoms with Crippen LogP contribution in [0.15, 0.2) is 78.0 Å². The second-order valence-corrected chi connectivity index (χ2v) is 6.85. The van der Waals surface area contributed by atoms with Gasteiger partial charge in [0.1, 0.15) is 11.4 Å². The number of amidine groups is 1. The van der Waals surface area contributed by atoms with Crippen LogP contribution in [0.2, 0.25) is 0 Å². The first-order valence-corrected chi connectivity index (χ1v) is 8.90. The van der Waals surface area contributed by atoms with Gasteiger partial charge in [0.2, 0.25) is 0 Å². The zero-order valence-corrected chi connectivity index (χ0v) is 15.0. The minimum Gasteiger partial charge on any atom is -0.317 e. The first-order chi connectivity index (χ1) is 13.6. The monoisotopic (exact) mass is 364 g/mol. The van der Waals surface area contributed by atoms with Crippen molar-refractivity contribution in [3.05, 3.63) is 95.2 Å². The topological polar surface area (TPSA) is 80.2 Å². The van der Waals surface area contributed by atoms with Crippen molar-refractivity contribution in [3.63, 3.8) is 0 Å². The van der Waals surface area contributed by atoms with Crippen LogP contribution in [-0.4, -0.2) is 22.2 Å². The maximum Gasteiger partial charge on any atom is 0.274 e. The SMILES string of the molecule is N#Cc1ccc(CC2(Cc3ccc(C#N)cc3)C(=O)N=C3C=CC=CN32)cc1. The van der Waals surface area contributed by atoms with E-state index in [-0.39, 0.29) is 5.91 Å². The molecule has 2 aromatic carbocycles. The van der Waals surface area contributed by atoms with Crippen molar-refractivity contribution in [1.82, 2.24) is 4.90 Å². The van der Waals surface area contributed by atoms with Gasteiger partial charge in [-0.2, -0.15) is 15.5 Å². The molecule has 0 N–H and O–H groups in total. The number of carbonyl (C=O) groups is 1. The van der Waals surface area contributed by atoms with E-state index in [1.54, 1.807) is 24.3 Å². The summed E-state index contributed by atoms with van der Waals surface area (Å²) in [6.45, 7) is 0. The number of nitriles is 2. The molecule has 2 aliphatic rings. The number of rotatable bonds is 4. The second kappa shape index (κ2) is 6.98. The molecule has 0 fully saturated rings. The van der Waals surface area contributed by atoms with Crippen LogP contribution in [0.5, 0.6) is 0 Å². The Bertz CT molecular complexity index is 1030. The molecule has 5 nitrogen and oxygen atoms in total. The summed E-state index contributed by atoms with van der Waals surface area (Å²) in [5.74, 6) is 0.446. The Labute approximate surface area is 163 Å². The molecule has 0 bridgehead atoms. The van der Waals surface area contributed by atoms with Crippen LogP contribution in [0.1, 0.15) is 22.3 Å². The van der Waals surface area contributed by atoms with Gasteiger partial charge in [-0.15, -0.1) is 0 Å². The highest BCUT2D eigenvalue weighted by atomic mass is 16.2. The smallest absolute Gasteiger partial charge is 0.274 e. The Morgan fingerprint density at radius 3 is 1.89 bits per heavy atom. The Hall–Kier alpha value is -3.96. The van der Waals surface area contributed by atoms with E-state index in [9.17, 15) is 4.79 Å². The molecule has 0 atom stereocenters. The molecule has 0 aliphatic carbocycles. The molecule has 0 saturated heterocycles. The zero-order chi connectivity index (χ0) is 19.6. The van der Waals surface area contributed by atoms with Gasteiger partial charge in [-0.3, -0.25) is 4.79 Å². The lowest BCUT2D eigenvalue weighted by Gasteiger charge is -2.37. The van der Waals surface area contributed by atoms with Crippen molar-refractivity contribution < 1.29 is 4.79 Å². The molecule has 2 aromatic rings. The number of hydrogen-bond acceptors (Lipinski definition) is 4. The van der Waals surface area contributed by atoms with Crippen molar-refractivity contribution in [2.24, 2.45) is 4.99 Å². The summed E-state index contributed by atoms with van der Waals surface area (Å²) in [5.41, 5.74) is 2.21. The average molecular weight is 364 g/mol. The van der Waals surface area contributed by atoms with Crippen molar-refractivity contribution in [2.75, 3.05) is 0 Å². The Kier molecular flexibility index (Phi) is 4.35. The summed E-state index contributed by atoms with van der Waals surface area (Å²) in [7, 11) is 0. The zero-order valence-electron chi connectivity index (χ0n) is 15.0. The van der Waals surface area contributed by atoms with Crippen LogP contribution in [0, 0.1) is 22.7 Å². The van der Waals surface area contributed by atoms with Crippen LogP contribution in [-0.2, 0) is 17.6 Å². The van der Waals surface area contributed by atoms with Gasteiger partial charge in [0.15, 0.2) is 0 Å². The Morgan fingerprint density at radius 2 is 1.39 bits per heavy atom. The van der Waals surface area contributed by atoms with E-state index in [1.165, 1.54) is 0 Å². The molecule has 0 aromatic heterocycles. The van der Waals surface area contributed by atoms with Gasteiger partial charge in [-0.05, 0) is 47.5 Å². The third-order valence-electron chi connectivity index (χ3n) is 5.07. The van der Waals surface area contributed by atoms with Gasteiger partial charge in [-0.25, -0.2) is 0 Å². The molecule has 134 valence electrons. The maximum absolute atomic E-state index is 13.1. The number of aliphatic imine (C=N–C) groups is 1. The van der Waals surface area contributed by atoms with E-state index in [2.05, 4.69) is 17.1 Å². The van der Waals surface area contributed by atoms with E-state index in [1.807, 2.05) is 53.6 Å². The summed E-state index contributed by atoms with van der Waals surface area (Å²) in [6, 6.07) is 18.8. The molecule has 2 heterocycles. The second-order valence-electron chi connectivity index (χ2n) is 6.85. The largest absolute Gasteiger partial charge is 0.317 e. The minimum absolute atomic E-state index is 0.188. The molecule has 0 radical (unpaired) electrons. The number of carbonyl (C=O) groups excluding carboxylic acids is 1. The van der Waals surface area contributed by atoms with E-state index in [0.717, 1.165) is 11.1 Å². The fraction of sp³-hybridized carbons (Fsp3) is 0.130. The molecular weight excluding hydrogens is 348 g/mol. The summed E-state index contributed by atoms with van der Waals surface area (Å²) in [5, 5.41) is 18.1. The number of nitrogens with zero attached hydrogens (tertiary/aromatic N) is 4. The standard InChI is InChI=1S/C23H16N4O/c24-15-19-8-4-17(5-9-19)13-23(14-18-6-10-20(16-25)11-7-18)22(28)26-21-3-1-2-12-27(21)23/h1-12H,13-14H2. The van der Waals surface area contributed by atoms with Gasteiger partial charge in [0.05, 0.1) is 23.3 Å². The van der Waals surface area contributed by atoms with Gasteiger partial charge < -0.3 is 4.90 Å². The number of amides is 1. The molecule has 2 aliphatic heterocycles. The van der Waals surface area contributed by atoms with Crippen molar-refractivity contribution in [3.8, 4) is 12.1 Å². The first-order valence-electron chi connectivity index (χ1n) is 8.90. The third kappa shape index (κ3) is 3.00. The molecule has 1 amide bonds. The predicted octanol–water partition coefficient (Wildman–Crippen LogP) is 3.28. The van der Waals surface area contributed by atoms with Crippen LogP contribution in [0.3, 0.4) is 0 Å². The van der Waals surface area contributed by atoms with Crippen LogP contribution < -0.4 is 0 Å². The first kappa shape index (κ1) is 17.5. The van der Waals surface area contributed by atoms with Crippen molar-refractivity contribution >= 4 is 11.7 Å². The normalized spacial score (nSPS) is 16.3. The molecule has 0 saturated carbocycles. The highest BCUT2D eigenvalue weighted by molar-refractivity contribution is 6.12.